The molecule has 3 aliphatic rings. The van der Waals surface area contributed by atoms with E-state index in [1.54, 1.807) is 6.07 Å². The SMILES string of the molecule is O=C(O)Cn1c(=O)n(C2CCC(=O)NC2=O)c2ccc(C3CCN(C(=O)C4CCCCC4)CC3)cc21. The first kappa shape index (κ1) is 24.3. The molecule has 1 unspecified atom stereocenters. The summed E-state index contributed by atoms with van der Waals surface area (Å²) < 4.78 is 2.50. The molecule has 2 N–H and O–H groups in total. The lowest BCUT2D eigenvalue weighted by molar-refractivity contribution is -0.138. The minimum absolute atomic E-state index is 0.116. The van der Waals surface area contributed by atoms with E-state index in [9.17, 15) is 29.1 Å². The Kier molecular flexibility index (Phi) is 6.68. The number of imidazole rings is 1. The van der Waals surface area contributed by atoms with Crippen molar-refractivity contribution in [2.45, 2.75) is 76.3 Å². The molecule has 0 spiro atoms. The topological polar surface area (TPSA) is 131 Å². The Labute approximate surface area is 208 Å². The fourth-order valence-electron chi connectivity index (χ4n) is 6.11. The molecule has 3 amide bonds. The zero-order valence-electron chi connectivity index (χ0n) is 20.3. The number of piperidine rings is 2. The van der Waals surface area contributed by atoms with Crippen LogP contribution in [0.5, 0.6) is 0 Å². The average Bonchev–Trinajstić information content (AvgIpc) is 3.14. The molecule has 1 aromatic carbocycles. The minimum Gasteiger partial charge on any atom is -0.480 e. The quantitative estimate of drug-likeness (QED) is 0.610. The number of carbonyl (C=O) groups excluding carboxylic acids is 3. The van der Waals surface area contributed by atoms with E-state index < -0.39 is 30.2 Å². The molecular formula is C26H32N4O6. The molecule has 10 nitrogen and oxygen atoms in total. The summed E-state index contributed by atoms with van der Waals surface area (Å²) in [6.45, 7) is 0.863. The van der Waals surface area contributed by atoms with Crippen molar-refractivity contribution in [2.75, 3.05) is 13.1 Å². The second-order valence-electron chi connectivity index (χ2n) is 10.3. The second-order valence-corrected chi connectivity index (χ2v) is 10.3. The van der Waals surface area contributed by atoms with Gasteiger partial charge >= 0.3 is 11.7 Å². The second kappa shape index (κ2) is 9.91. The Morgan fingerprint density at radius 3 is 2.33 bits per heavy atom. The Morgan fingerprint density at radius 1 is 0.944 bits per heavy atom. The van der Waals surface area contributed by atoms with Gasteiger partial charge in [-0.05, 0) is 55.7 Å². The molecule has 36 heavy (non-hydrogen) atoms. The van der Waals surface area contributed by atoms with Crippen molar-refractivity contribution in [1.82, 2.24) is 19.4 Å². The average molecular weight is 497 g/mol. The number of carbonyl (C=O) groups is 4. The summed E-state index contributed by atoms with van der Waals surface area (Å²) in [5, 5.41) is 11.7. The largest absolute Gasteiger partial charge is 0.480 e. The van der Waals surface area contributed by atoms with E-state index in [0.29, 0.717) is 24.1 Å². The number of fused-ring (bicyclic) bond motifs is 1. The van der Waals surface area contributed by atoms with Gasteiger partial charge in [0.05, 0.1) is 11.0 Å². The molecule has 1 atom stereocenters. The number of hydrogen-bond acceptors (Lipinski definition) is 5. The fraction of sp³-hybridized carbons (Fsp3) is 0.577. The van der Waals surface area contributed by atoms with E-state index >= 15 is 0 Å². The van der Waals surface area contributed by atoms with Gasteiger partial charge in [-0.1, -0.05) is 25.3 Å². The van der Waals surface area contributed by atoms with Crippen LogP contribution in [0.3, 0.4) is 0 Å². The number of rotatable bonds is 5. The van der Waals surface area contributed by atoms with Crippen LogP contribution in [0, 0.1) is 5.92 Å². The van der Waals surface area contributed by atoms with E-state index in [4.69, 9.17) is 0 Å². The van der Waals surface area contributed by atoms with Crippen LogP contribution in [-0.2, 0) is 25.7 Å². The van der Waals surface area contributed by atoms with Crippen LogP contribution < -0.4 is 11.0 Å². The summed E-state index contributed by atoms with van der Waals surface area (Å²) >= 11 is 0. The third-order valence-corrected chi connectivity index (χ3v) is 8.03. The molecule has 1 aromatic heterocycles. The minimum atomic E-state index is -1.15. The fourth-order valence-corrected chi connectivity index (χ4v) is 6.11. The van der Waals surface area contributed by atoms with Crippen LogP contribution in [-0.4, -0.2) is 55.9 Å². The van der Waals surface area contributed by atoms with E-state index in [1.807, 2.05) is 17.0 Å². The summed E-state index contributed by atoms with van der Waals surface area (Å²) in [6.07, 6.45) is 7.36. The summed E-state index contributed by atoms with van der Waals surface area (Å²) in [5.74, 6) is -1.46. The Bertz CT molecular complexity index is 1260. The van der Waals surface area contributed by atoms with Gasteiger partial charge in [-0.15, -0.1) is 0 Å². The summed E-state index contributed by atoms with van der Waals surface area (Å²) in [7, 11) is 0. The van der Waals surface area contributed by atoms with Crippen LogP contribution in [0.2, 0.25) is 0 Å². The summed E-state index contributed by atoms with van der Waals surface area (Å²) in [5.41, 5.74) is 1.36. The van der Waals surface area contributed by atoms with E-state index in [0.717, 1.165) is 44.1 Å². The number of carboxylic acid groups (broad SMARTS) is 1. The highest BCUT2D eigenvalue weighted by Gasteiger charge is 2.33. The first-order chi connectivity index (χ1) is 17.3. The van der Waals surface area contributed by atoms with Crippen molar-refractivity contribution in [1.29, 1.82) is 0 Å². The van der Waals surface area contributed by atoms with Crippen molar-refractivity contribution < 1.29 is 24.3 Å². The monoisotopic (exact) mass is 496 g/mol. The van der Waals surface area contributed by atoms with E-state index in [-0.39, 0.29) is 36.5 Å². The number of benzene rings is 1. The zero-order valence-corrected chi connectivity index (χ0v) is 20.3. The van der Waals surface area contributed by atoms with Crippen LogP contribution in [0.1, 0.15) is 75.3 Å². The predicted molar refractivity (Wildman–Crippen MR) is 130 cm³/mol. The van der Waals surface area contributed by atoms with Crippen molar-refractivity contribution in [3.8, 4) is 0 Å². The molecule has 2 aromatic rings. The number of likely N-dealkylation sites (tertiary alicyclic amines) is 1. The third kappa shape index (κ3) is 4.56. The molecule has 5 rings (SSSR count). The molecular weight excluding hydrogens is 464 g/mol. The molecule has 2 aliphatic heterocycles. The molecule has 3 heterocycles. The van der Waals surface area contributed by atoms with Crippen LogP contribution in [0.25, 0.3) is 11.0 Å². The Hall–Kier alpha value is -3.43. The summed E-state index contributed by atoms with van der Waals surface area (Å²) in [4.78, 5) is 63.8. The number of amides is 3. The van der Waals surface area contributed by atoms with Gasteiger partial charge in [0.1, 0.15) is 12.6 Å². The van der Waals surface area contributed by atoms with Gasteiger partial charge in [-0.25, -0.2) is 4.79 Å². The standard InChI is InChI=1S/C26H32N4O6/c31-22-9-8-20(24(34)27-22)30-19-7-6-18(14-21(19)29(26(30)36)15-23(32)33)16-10-12-28(13-11-16)25(35)17-4-2-1-3-5-17/h6-7,14,16-17,20H,1-5,8-13,15H2,(H,32,33)(H,27,31,34). The third-order valence-electron chi connectivity index (χ3n) is 8.03. The van der Waals surface area contributed by atoms with Crippen LogP contribution in [0.15, 0.2) is 23.0 Å². The Balaban J connectivity index is 1.40. The van der Waals surface area contributed by atoms with Gasteiger partial charge in [0.25, 0.3) is 0 Å². The molecule has 1 aliphatic carbocycles. The number of carboxylic acids is 1. The normalized spacial score (nSPS) is 22.1. The van der Waals surface area contributed by atoms with Crippen molar-refractivity contribution in [3.05, 3.63) is 34.2 Å². The number of imide groups is 1. The maximum absolute atomic E-state index is 13.3. The van der Waals surface area contributed by atoms with Crippen LogP contribution >= 0.6 is 0 Å². The molecule has 10 heteroatoms. The Morgan fingerprint density at radius 2 is 1.67 bits per heavy atom. The highest BCUT2D eigenvalue weighted by molar-refractivity contribution is 6.00. The van der Waals surface area contributed by atoms with E-state index in [2.05, 4.69) is 5.32 Å². The van der Waals surface area contributed by atoms with Gasteiger partial charge in [0.15, 0.2) is 0 Å². The number of hydrogen-bond donors (Lipinski definition) is 2. The number of nitrogens with one attached hydrogen (secondary N) is 1. The first-order valence-electron chi connectivity index (χ1n) is 12.9. The van der Waals surface area contributed by atoms with E-state index in [1.165, 1.54) is 15.6 Å². The first-order valence-corrected chi connectivity index (χ1v) is 12.9. The highest BCUT2D eigenvalue weighted by atomic mass is 16.4. The maximum atomic E-state index is 13.3. The van der Waals surface area contributed by atoms with Crippen molar-refractivity contribution in [2.24, 2.45) is 5.92 Å². The van der Waals surface area contributed by atoms with Gasteiger partial charge in [0.2, 0.25) is 17.7 Å². The van der Waals surface area contributed by atoms with Gasteiger partial charge in [-0.2, -0.15) is 0 Å². The molecule has 192 valence electrons. The molecule has 3 fully saturated rings. The lowest BCUT2D eigenvalue weighted by atomic mass is 9.86. The highest BCUT2D eigenvalue weighted by Crippen LogP contribution is 2.33. The molecule has 2 saturated heterocycles. The van der Waals surface area contributed by atoms with Gasteiger partial charge in [0, 0.05) is 25.4 Å². The lowest BCUT2D eigenvalue weighted by Crippen LogP contribution is -2.44. The number of nitrogens with zero attached hydrogens (tertiary/aromatic N) is 3. The van der Waals surface area contributed by atoms with Gasteiger partial charge in [-0.3, -0.25) is 33.6 Å². The van der Waals surface area contributed by atoms with Crippen molar-refractivity contribution in [3.63, 3.8) is 0 Å². The number of aromatic nitrogens is 2. The van der Waals surface area contributed by atoms with Gasteiger partial charge < -0.3 is 10.0 Å². The zero-order chi connectivity index (χ0) is 25.4. The molecule has 0 bridgehead atoms. The molecule has 0 radical (unpaired) electrons. The predicted octanol–water partition coefficient (Wildman–Crippen LogP) is 2.15. The number of aliphatic carboxylic acids is 1. The van der Waals surface area contributed by atoms with Crippen molar-refractivity contribution >= 4 is 34.7 Å². The smallest absolute Gasteiger partial charge is 0.330 e. The lowest BCUT2D eigenvalue weighted by Gasteiger charge is -2.35. The summed E-state index contributed by atoms with van der Waals surface area (Å²) in [6, 6.07) is 4.69. The molecule has 1 saturated carbocycles. The maximum Gasteiger partial charge on any atom is 0.330 e. The van der Waals surface area contributed by atoms with Crippen LogP contribution in [0.4, 0.5) is 0 Å².